The van der Waals surface area contributed by atoms with Gasteiger partial charge in [-0.05, 0) is 28.1 Å². The molecule has 0 fully saturated rings. The Bertz CT molecular complexity index is 251. The Morgan fingerprint density at radius 3 is 2.77 bits per heavy atom. The summed E-state index contributed by atoms with van der Waals surface area (Å²) in [7, 11) is 0. The Labute approximate surface area is 83.5 Å². The largest absolute Gasteiger partial charge is 0.370 e. The molecule has 0 bridgehead atoms. The normalized spacial score (nSPS) is 10.5. The fourth-order valence-electron chi connectivity index (χ4n) is 0.790. The second-order valence-electron chi connectivity index (χ2n) is 2.47. The Hall–Kier alpha value is -0.710. The van der Waals surface area contributed by atoms with E-state index in [1.165, 1.54) is 0 Å². The van der Waals surface area contributed by atoms with Gasteiger partial charge in [0.1, 0.15) is 5.82 Å². The minimum atomic E-state index is -2.26. The molecule has 1 rings (SSSR count). The van der Waals surface area contributed by atoms with Gasteiger partial charge < -0.3 is 5.32 Å². The van der Waals surface area contributed by atoms with Crippen molar-refractivity contribution in [3.8, 4) is 0 Å². The fraction of sp³-hybridized carbons (Fsp3) is 0.375. The fourth-order valence-corrected chi connectivity index (χ4v) is 1.02. The number of halogens is 3. The van der Waals surface area contributed by atoms with Crippen LogP contribution in [-0.2, 0) is 0 Å². The van der Waals surface area contributed by atoms with Crippen molar-refractivity contribution in [3.63, 3.8) is 0 Å². The van der Waals surface area contributed by atoms with Crippen LogP contribution in [0.1, 0.15) is 6.42 Å². The van der Waals surface area contributed by atoms with Gasteiger partial charge in [0.15, 0.2) is 0 Å². The molecule has 5 heteroatoms. The smallest absolute Gasteiger partial charge is 0.240 e. The zero-order valence-electron chi connectivity index (χ0n) is 6.80. The van der Waals surface area contributed by atoms with Crippen molar-refractivity contribution in [2.75, 3.05) is 11.9 Å². The SMILES string of the molecule is FC(F)CCNc1ccc(Br)cn1. The molecule has 0 amide bonds. The van der Waals surface area contributed by atoms with Gasteiger partial charge >= 0.3 is 0 Å². The second kappa shape index (κ2) is 5.11. The Morgan fingerprint density at radius 2 is 2.23 bits per heavy atom. The van der Waals surface area contributed by atoms with E-state index in [-0.39, 0.29) is 13.0 Å². The third-order valence-electron chi connectivity index (χ3n) is 1.40. The summed E-state index contributed by atoms with van der Waals surface area (Å²) in [4.78, 5) is 3.97. The molecule has 0 aliphatic heterocycles. The van der Waals surface area contributed by atoms with Crippen LogP contribution in [0.15, 0.2) is 22.8 Å². The minimum absolute atomic E-state index is 0.155. The molecule has 1 heterocycles. The first kappa shape index (κ1) is 10.4. The molecular weight excluding hydrogens is 242 g/mol. The van der Waals surface area contributed by atoms with E-state index in [9.17, 15) is 8.78 Å². The average molecular weight is 251 g/mol. The molecule has 0 spiro atoms. The lowest BCUT2D eigenvalue weighted by Crippen LogP contribution is -2.06. The molecule has 0 atom stereocenters. The number of aromatic nitrogens is 1. The molecule has 0 saturated carbocycles. The number of anilines is 1. The van der Waals surface area contributed by atoms with Gasteiger partial charge in [0.25, 0.3) is 0 Å². The molecule has 0 aromatic carbocycles. The lowest BCUT2D eigenvalue weighted by Gasteiger charge is -2.04. The van der Waals surface area contributed by atoms with E-state index in [0.29, 0.717) is 5.82 Å². The van der Waals surface area contributed by atoms with Crippen LogP contribution in [0.3, 0.4) is 0 Å². The summed E-state index contributed by atoms with van der Waals surface area (Å²) < 4.78 is 24.3. The first-order valence-electron chi connectivity index (χ1n) is 3.82. The second-order valence-corrected chi connectivity index (χ2v) is 3.38. The number of alkyl halides is 2. The quantitative estimate of drug-likeness (QED) is 0.889. The van der Waals surface area contributed by atoms with Crippen molar-refractivity contribution in [1.29, 1.82) is 0 Å². The van der Waals surface area contributed by atoms with E-state index >= 15 is 0 Å². The van der Waals surface area contributed by atoms with Crippen LogP contribution in [0.25, 0.3) is 0 Å². The summed E-state index contributed by atoms with van der Waals surface area (Å²) >= 11 is 3.23. The molecule has 0 aliphatic rings. The highest BCUT2D eigenvalue weighted by atomic mass is 79.9. The highest BCUT2D eigenvalue weighted by Gasteiger charge is 2.01. The first-order valence-corrected chi connectivity index (χ1v) is 4.61. The first-order chi connectivity index (χ1) is 6.18. The van der Waals surface area contributed by atoms with Gasteiger partial charge in [-0.2, -0.15) is 0 Å². The number of hydrogen-bond acceptors (Lipinski definition) is 2. The number of hydrogen-bond donors (Lipinski definition) is 1. The maximum atomic E-state index is 11.7. The highest BCUT2D eigenvalue weighted by molar-refractivity contribution is 9.10. The molecule has 0 unspecified atom stereocenters. The number of rotatable bonds is 4. The highest BCUT2D eigenvalue weighted by Crippen LogP contribution is 2.10. The van der Waals surface area contributed by atoms with Crippen LogP contribution >= 0.6 is 15.9 Å². The number of pyridine rings is 1. The van der Waals surface area contributed by atoms with Crippen LogP contribution in [0.4, 0.5) is 14.6 Å². The summed E-state index contributed by atoms with van der Waals surface area (Å²) in [6.07, 6.45) is -0.800. The zero-order valence-corrected chi connectivity index (χ0v) is 8.39. The lowest BCUT2D eigenvalue weighted by molar-refractivity contribution is 0.142. The third kappa shape index (κ3) is 4.17. The van der Waals surface area contributed by atoms with Gasteiger partial charge in [-0.25, -0.2) is 13.8 Å². The molecular formula is C8H9BrF2N2. The van der Waals surface area contributed by atoms with Crippen molar-refractivity contribution < 1.29 is 8.78 Å². The van der Waals surface area contributed by atoms with Gasteiger partial charge in [0, 0.05) is 23.6 Å². The van der Waals surface area contributed by atoms with Crippen molar-refractivity contribution in [2.45, 2.75) is 12.8 Å². The van der Waals surface area contributed by atoms with E-state index in [1.54, 1.807) is 18.3 Å². The Kier molecular flexibility index (Phi) is 4.08. The van der Waals surface area contributed by atoms with Gasteiger partial charge in [0.05, 0.1) is 0 Å². The van der Waals surface area contributed by atoms with Gasteiger partial charge in [-0.1, -0.05) is 0 Å². The molecule has 1 aromatic rings. The summed E-state index contributed by atoms with van der Waals surface area (Å²) in [6.45, 7) is 0.242. The van der Waals surface area contributed by atoms with Crippen LogP contribution in [-0.4, -0.2) is 18.0 Å². The monoisotopic (exact) mass is 250 g/mol. The number of nitrogens with zero attached hydrogens (tertiary/aromatic N) is 1. The topological polar surface area (TPSA) is 24.9 Å². The molecule has 13 heavy (non-hydrogen) atoms. The maximum absolute atomic E-state index is 11.7. The van der Waals surface area contributed by atoms with Crippen molar-refractivity contribution >= 4 is 21.7 Å². The summed E-state index contributed by atoms with van der Waals surface area (Å²) in [5.41, 5.74) is 0. The van der Waals surface area contributed by atoms with Crippen molar-refractivity contribution in [3.05, 3.63) is 22.8 Å². The zero-order chi connectivity index (χ0) is 9.68. The standard InChI is InChI=1S/C8H9BrF2N2/c9-6-1-2-8(13-5-6)12-4-3-7(10)11/h1-2,5,7H,3-4H2,(H,12,13). The molecule has 1 aromatic heterocycles. The molecule has 0 radical (unpaired) electrons. The van der Waals surface area contributed by atoms with Gasteiger partial charge in [-0.3, -0.25) is 0 Å². The summed E-state index contributed by atoms with van der Waals surface area (Å²) in [5, 5.41) is 2.79. The van der Waals surface area contributed by atoms with Crippen LogP contribution < -0.4 is 5.32 Å². The van der Waals surface area contributed by atoms with E-state index < -0.39 is 6.43 Å². The molecule has 2 nitrogen and oxygen atoms in total. The van der Waals surface area contributed by atoms with E-state index in [0.717, 1.165) is 4.47 Å². The predicted molar refractivity (Wildman–Crippen MR) is 51.0 cm³/mol. The van der Waals surface area contributed by atoms with Crippen LogP contribution in [0, 0.1) is 0 Å². The van der Waals surface area contributed by atoms with Gasteiger partial charge in [-0.15, -0.1) is 0 Å². The molecule has 0 aliphatic carbocycles. The molecule has 72 valence electrons. The van der Waals surface area contributed by atoms with Crippen LogP contribution in [0.2, 0.25) is 0 Å². The maximum Gasteiger partial charge on any atom is 0.240 e. The average Bonchev–Trinajstić information content (AvgIpc) is 2.08. The van der Waals surface area contributed by atoms with Gasteiger partial charge in [0.2, 0.25) is 6.43 Å². The predicted octanol–water partition coefficient (Wildman–Crippen LogP) is 2.91. The third-order valence-corrected chi connectivity index (χ3v) is 1.87. The van der Waals surface area contributed by atoms with E-state index in [4.69, 9.17) is 0 Å². The minimum Gasteiger partial charge on any atom is -0.370 e. The molecule has 0 saturated heterocycles. The van der Waals surface area contributed by atoms with Crippen LogP contribution in [0.5, 0.6) is 0 Å². The van der Waals surface area contributed by atoms with E-state index in [2.05, 4.69) is 26.2 Å². The van der Waals surface area contributed by atoms with Crippen molar-refractivity contribution in [1.82, 2.24) is 4.98 Å². The summed E-state index contributed by atoms with van der Waals surface area (Å²) in [6, 6.07) is 3.53. The Balaban J connectivity index is 2.33. The molecule has 1 N–H and O–H groups in total. The van der Waals surface area contributed by atoms with Crippen molar-refractivity contribution in [2.24, 2.45) is 0 Å². The summed E-state index contributed by atoms with van der Waals surface area (Å²) in [5.74, 6) is 0.615. The lowest BCUT2D eigenvalue weighted by atomic mass is 10.4. The number of nitrogens with one attached hydrogen (secondary N) is 1. The Morgan fingerprint density at radius 1 is 1.46 bits per heavy atom. The van der Waals surface area contributed by atoms with E-state index in [1.807, 2.05) is 0 Å².